The second-order valence-electron chi connectivity index (χ2n) is 6.53. The first-order valence-corrected chi connectivity index (χ1v) is 9.69. The molecule has 19 heavy (non-hydrogen) atoms. The first kappa shape index (κ1) is 15.4. The summed E-state index contributed by atoms with van der Waals surface area (Å²) in [4.78, 5) is 5.15. The SMILES string of the molecule is C=[P+](C)N1CCN(CC(C)C2CCN(C)CC2)CC1. The van der Waals surface area contributed by atoms with Crippen molar-refractivity contribution in [2.75, 3.05) is 59.5 Å². The summed E-state index contributed by atoms with van der Waals surface area (Å²) >= 11 is 0. The summed E-state index contributed by atoms with van der Waals surface area (Å²) in [5.41, 5.74) is 0. The van der Waals surface area contributed by atoms with E-state index in [4.69, 9.17) is 0 Å². The molecule has 0 aliphatic carbocycles. The van der Waals surface area contributed by atoms with E-state index in [0.29, 0.717) is 0 Å². The Hall–Kier alpha value is 0.0500. The predicted octanol–water partition coefficient (Wildman–Crippen LogP) is 2.04. The molecule has 2 rings (SSSR count). The van der Waals surface area contributed by atoms with Gasteiger partial charge in [-0.25, -0.2) is 0 Å². The van der Waals surface area contributed by atoms with Gasteiger partial charge in [0.25, 0.3) is 0 Å². The number of hydrogen-bond donors (Lipinski definition) is 0. The quantitative estimate of drug-likeness (QED) is 0.732. The van der Waals surface area contributed by atoms with Crippen molar-refractivity contribution in [3.05, 3.63) is 0 Å². The van der Waals surface area contributed by atoms with Crippen LogP contribution in [0, 0.1) is 11.8 Å². The van der Waals surface area contributed by atoms with E-state index in [2.05, 4.69) is 41.4 Å². The van der Waals surface area contributed by atoms with Crippen molar-refractivity contribution in [1.82, 2.24) is 14.5 Å². The molecule has 110 valence electrons. The Kier molecular flexibility index (Phi) is 5.83. The smallest absolute Gasteiger partial charge is 0.174 e. The first-order chi connectivity index (χ1) is 9.06. The predicted molar refractivity (Wildman–Crippen MR) is 87.4 cm³/mol. The molecule has 2 aliphatic rings. The lowest BCUT2D eigenvalue weighted by Gasteiger charge is -2.37. The van der Waals surface area contributed by atoms with Crippen molar-refractivity contribution in [2.45, 2.75) is 19.8 Å². The minimum atomic E-state index is -0.124. The van der Waals surface area contributed by atoms with E-state index in [1.807, 2.05) is 0 Å². The minimum absolute atomic E-state index is 0.124. The molecule has 0 amide bonds. The molecule has 2 saturated heterocycles. The number of hydrogen-bond acceptors (Lipinski definition) is 3. The molecular formula is C15H31N3P+. The average Bonchev–Trinajstić information content (AvgIpc) is 2.40. The highest BCUT2D eigenvalue weighted by molar-refractivity contribution is 7.52. The van der Waals surface area contributed by atoms with Crippen LogP contribution in [0.2, 0.25) is 0 Å². The third kappa shape index (κ3) is 4.53. The molecule has 0 spiro atoms. The van der Waals surface area contributed by atoms with E-state index >= 15 is 0 Å². The Morgan fingerprint density at radius 3 is 2.21 bits per heavy atom. The zero-order chi connectivity index (χ0) is 13.8. The fourth-order valence-corrected chi connectivity index (χ4v) is 4.28. The lowest BCUT2D eigenvalue weighted by molar-refractivity contribution is 0.120. The Balaban J connectivity index is 1.71. The number of nitrogens with zero attached hydrogens (tertiary/aromatic N) is 3. The maximum atomic E-state index is 4.20. The van der Waals surface area contributed by atoms with Crippen molar-refractivity contribution >= 4 is 14.0 Å². The van der Waals surface area contributed by atoms with Gasteiger partial charge in [0.1, 0.15) is 6.66 Å². The highest BCUT2D eigenvalue weighted by Crippen LogP contribution is 2.27. The lowest BCUT2D eigenvalue weighted by atomic mass is 9.85. The van der Waals surface area contributed by atoms with Crippen molar-refractivity contribution in [3.8, 4) is 0 Å². The summed E-state index contributed by atoms with van der Waals surface area (Å²) in [6, 6.07) is 0. The van der Waals surface area contributed by atoms with Gasteiger partial charge in [-0.1, -0.05) is 6.92 Å². The summed E-state index contributed by atoms with van der Waals surface area (Å²) in [5.74, 6) is 1.81. The maximum Gasteiger partial charge on any atom is 0.174 e. The van der Waals surface area contributed by atoms with Crippen molar-refractivity contribution in [3.63, 3.8) is 0 Å². The summed E-state index contributed by atoms with van der Waals surface area (Å²) in [7, 11) is 2.13. The van der Waals surface area contributed by atoms with Crippen LogP contribution >= 0.6 is 7.70 Å². The van der Waals surface area contributed by atoms with Gasteiger partial charge in [-0.3, -0.25) is 0 Å². The van der Waals surface area contributed by atoms with E-state index in [-0.39, 0.29) is 7.70 Å². The Morgan fingerprint density at radius 2 is 1.68 bits per heavy atom. The van der Waals surface area contributed by atoms with Crippen LogP contribution < -0.4 is 0 Å². The number of rotatable bonds is 4. The van der Waals surface area contributed by atoms with Crippen LogP contribution in [0.1, 0.15) is 19.8 Å². The van der Waals surface area contributed by atoms with Crippen molar-refractivity contribution in [1.29, 1.82) is 0 Å². The van der Waals surface area contributed by atoms with Crippen LogP contribution in [-0.2, 0) is 0 Å². The Labute approximate surface area is 120 Å². The largest absolute Gasteiger partial charge is 0.306 e. The van der Waals surface area contributed by atoms with E-state index in [1.165, 1.54) is 58.7 Å². The van der Waals surface area contributed by atoms with Gasteiger partial charge in [-0.05, 0) is 44.8 Å². The van der Waals surface area contributed by atoms with Crippen LogP contribution in [0.3, 0.4) is 0 Å². The third-order valence-corrected chi connectivity index (χ3v) is 6.31. The van der Waals surface area contributed by atoms with Crippen LogP contribution in [0.15, 0.2) is 0 Å². The molecule has 2 atom stereocenters. The molecule has 2 unspecified atom stereocenters. The standard InChI is InChI=1S/C15H31N3P/c1-14(15-5-7-16(2)8-6-15)13-17-9-11-18(12-10-17)19(3)4/h14-15H,3,5-13H2,1-2,4H3/q+1. The molecule has 0 radical (unpaired) electrons. The van der Waals surface area contributed by atoms with Crippen LogP contribution in [0.5, 0.6) is 0 Å². The molecule has 2 heterocycles. The molecule has 2 fully saturated rings. The molecular weight excluding hydrogens is 253 g/mol. The third-order valence-electron chi connectivity index (χ3n) is 4.95. The number of piperidine rings is 1. The fraction of sp³-hybridized carbons (Fsp3) is 0.933. The molecule has 2 aliphatic heterocycles. The lowest BCUT2D eigenvalue weighted by Crippen LogP contribution is -2.46. The second-order valence-corrected chi connectivity index (χ2v) is 8.41. The molecule has 0 aromatic rings. The first-order valence-electron chi connectivity index (χ1n) is 7.76. The van der Waals surface area contributed by atoms with Gasteiger partial charge in [0.15, 0.2) is 7.70 Å². The summed E-state index contributed by atoms with van der Waals surface area (Å²) in [6.07, 6.45) is 7.00. The summed E-state index contributed by atoms with van der Waals surface area (Å²) in [6.45, 7) is 13.6. The zero-order valence-electron chi connectivity index (χ0n) is 13.0. The van der Waals surface area contributed by atoms with Gasteiger partial charge < -0.3 is 9.80 Å². The summed E-state index contributed by atoms with van der Waals surface area (Å²) in [5, 5.41) is 0. The normalized spacial score (nSPS) is 27.4. The van der Waals surface area contributed by atoms with E-state index < -0.39 is 0 Å². The van der Waals surface area contributed by atoms with Gasteiger partial charge >= 0.3 is 0 Å². The highest BCUT2D eigenvalue weighted by Gasteiger charge is 2.27. The topological polar surface area (TPSA) is 9.72 Å². The van der Waals surface area contributed by atoms with Gasteiger partial charge in [0.2, 0.25) is 0 Å². The van der Waals surface area contributed by atoms with E-state index in [0.717, 1.165) is 11.8 Å². The van der Waals surface area contributed by atoms with Crippen molar-refractivity contribution in [2.24, 2.45) is 11.8 Å². The van der Waals surface area contributed by atoms with Crippen LogP contribution in [0.4, 0.5) is 0 Å². The highest BCUT2D eigenvalue weighted by atomic mass is 31.1. The zero-order valence-corrected chi connectivity index (χ0v) is 13.9. The minimum Gasteiger partial charge on any atom is -0.306 e. The molecule has 0 saturated carbocycles. The maximum absolute atomic E-state index is 4.20. The summed E-state index contributed by atoms with van der Waals surface area (Å²) < 4.78 is 2.56. The fourth-order valence-electron chi connectivity index (χ4n) is 3.42. The van der Waals surface area contributed by atoms with Gasteiger partial charge in [0, 0.05) is 19.6 Å². The van der Waals surface area contributed by atoms with Crippen molar-refractivity contribution < 1.29 is 0 Å². The van der Waals surface area contributed by atoms with Crippen LogP contribution in [-0.4, -0.2) is 80.3 Å². The molecule has 0 aromatic carbocycles. The van der Waals surface area contributed by atoms with Gasteiger partial charge in [-0.2, -0.15) is 0 Å². The Bertz CT molecular complexity index is 292. The molecule has 0 N–H and O–H groups in total. The Morgan fingerprint density at radius 1 is 1.11 bits per heavy atom. The van der Waals surface area contributed by atoms with E-state index in [1.54, 1.807) is 0 Å². The molecule has 4 heteroatoms. The van der Waals surface area contributed by atoms with Gasteiger partial charge in [-0.15, -0.1) is 4.67 Å². The van der Waals surface area contributed by atoms with Gasteiger partial charge in [0.05, 0.1) is 19.4 Å². The van der Waals surface area contributed by atoms with Crippen LogP contribution in [0.25, 0.3) is 0 Å². The number of likely N-dealkylation sites (tertiary alicyclic amines) is 1. The molecule has 0 aromatic heterocycles. The molecule has 3 nitrogen and oxygen atoms in total. The average molecular weight is 284 g/mol. The van der Waals surface area contributed by atoms with E-state index in [9.17, 15) is 0 Å². The number of piperazine rings is 1. The second kappa shape index (κ2) is 7.17. The monoisotopic (exact) mass is 284 g/mol. The molecule has 0 bridgehead atoms.